The molecule has 0 saturated carbocycles. The summed E-state index contributed by atoms with van der Waals surface area (Å²) >= 11 is 0. The van der Waals surface area contributed by atoms with Gasteiger partial charge in [0.1, 0.15) is 0 Å². The highest BCUT2D eigenvalue weighted by atomic mass is 32.2. The van der Waals surface area contributed by atoms with Crippen LogP contribution in [0.25, 0.3) is 0 Å². The summed E-state index contributed by atoms with van der Waals surface area (Å²) in [5.74, 6) is -0.943. The largest absolute Gasteiger partial charge is 0.478 e. The molecule has 0 radical (unpaired) electrons. The Morgan fingerprint density at radius 3 is 2.44 bits per heavy atom. The first kappa shape index (κ1) is 15.1. The molecule has 7 heteroatoms. The number of piperidine rings is 1. The van der Waals surface area contributed by atoms with Crippen LogP contribution in [0, 0.1) is 0 Å². The maximum absolute atomic E-state index is 11.3. The molecule has 1 heterocycles. The minimum Gasteiger partial charge on any atom is -0.478 e. The molecule has 104 valence electrons. The minimum absolute atomic E-state index is 0.250. The average Bonchev–Trinajstić information content (AvgIpc) is 2.25. The standard InChI is InChI=1S/C11H20N2O4S/c1-9(7-11(14)15)8-12-10-3-5-13(6-4-10)18(2,16)17/h7,10,12H,3-6,8H2,1-2H3,(H,14,15). The molecule has 0 amide bonds. The van der Waals surface area contributed by atoms with Crippen molar-refractivity contribution in [2.24, 2.45) is 0 Å². The molecule has 2 N–H and O–H groups in total. The molecule has 1 aliphatic rings. The van der Waals surface area contributed by atoms with Gasteiger partial charge in [0.05, 0.1) is 6.26 Å². The van der Waals surface area contributed by atoms with E-state index < -0.39 is 16.0 Å². The third kappa shape index (κ3) is 5.16. The van der Waals surface area contributed by atoms with Gasteiger partial charge >= 0.3 is 5.97 Å². The third-order valence-electron chi connectivity index (χ3n) is 2.96. The first-order chi connectivity index (χ1) is 8.29. The Labute approximate surface area is 108 Å². The number of carbonyl (C=O) groups is 1. The lowest BCUT2D eigenvalue weighted by Crippen LogP contribution is -2.44. The summed E-state index contributed by atoms with van der Waals surface area (Å²) in [4.78, 5) is 10.4. The summed E-state index contributed by atoms with van der Waals surface area (Å²) in [6.07, 6.45) is 3.92. The third-order valence-corrected chi connectivity index (χ3v) is 4.27. The number of hydrogen-bond acceptors (Lipinski definition) is 4. The maximum atomic E-state index is 11.3. The Hall–Kier alpha value is -0.920. The molecule has 18 heavy (non-hydrogen) atoms. The quantitative estimate of drug-likeness (QED) is 0.692. The van der Waals surface area contributed by atoms with Crippen LogP contribution in [0.15, 0.2) is 11.6 Å². The van der Waals surface area contributed by atoms with Crippen LogP contribution in [-0.2, 0) is 14.8 Å². The van der Waals surface area contributed by atoms with Crippen LogP contribution in [0.2, 0.25) is 0 Å². The molecule has 1 aliphatic heterocycles. The minimum atomic E-state index is -3.08. The Morgan fingerprint density at radius 1 is 1.44 bits per heavy atom. The summed E-state index contributed by atoms with van der Waals surface area (Å²) in [5, 5.41) is 11.8. The molecule has 0 atom stereocenters. The summed E-state index contributed by atoms with van der Waals surface area (Å²) < 4.78 is 24.1. The zero-order valence-electron chi connectivity index (χ0n) is 10.7. The highest BCUT2D eigenvalue weighted by Crippen LogP contribution is 2.13. The Kier molecular flexibility index (Phi) is 5.30. The topological polar surface area (TPSA) is 86.7 Å². The summed E-state index contributed by atoms with van der Waals surface area (Å²) in [7, 11) is -3.08. The van der Waals surface area contributed by atoms with Crippen molar-refractivity contribution in [3.63, 3.8) is 0 Å². The smallest absolute Gasteiger partial charge is 0.328 e. The molecule has 0 aliphatic carbocycles. The number of carboxylic acid groups (broad SMARTS) is 1. The summed E-state index contributed by atoms with van der Waals surface area (Å²) in [6, 6.07) is 0.250. The van der Waals surface area contributed by atoms with Crippen molar-refractivity contribution >= 4 is 16.0 Å². The van der Waals surface area contributed by atoms with E-state index in [9.17, 15) is 13.2 Å². The number of sulfonamides is 1. The predicted molar refractivity (Wildman–Crippen MR) is 68.8 cm³/mol. The Morgan fingerprint density at radius 2 is 2.00 bits per heavy atom. The van der Waals surface area contributed by atoms with Crippen LogP contribution in [0.4, 0.5) is 0 Å². The SMILES string of the molecule is CC(=CC(=O)O)CNC1CCN(S(C)(=O)=O)CC1. The van der Waals surface area contributed by atoms with Crippen molar-refractivity contribution in [1.82, 2.24) is 9.62 Å². The Bertz CT molecular complexity index is 422. The zero-order chi connectivity index (χ0) is 13.8. The van der Waals surface area contributed by atoms with Crippen LogP contribution in [0.3, 0.4) is 0 Å². The van der Waals surface area contributed by atoms with Crippen molar-refractivity contribution in [3.05, 3.63) is 11.6 Å². The van der Waals surface area contributed by atoms with Gasteiger partial charge in [-0.1, -0.05) is 5.57 Å². The molecule has 1 rings (SSSR count). The predicted octanol–water partition coefficient (Wildman–Crippen LogP) is 0.0309. The van der Waals surface area contributed by atoms with Gasteiger partial charge in [-0.05, 0) is 19.8 Å². The fourth-order valence-corrected chi connectivity index (χ4v) is 2.83. The second-order valence-corrected chi connectivity index (χ2v) is 6.63. The first-order valence-corrected chi connectivity index (χ1v) is 7.72. The zero-order valence-corrected chi connectivity index (χ0v) is 11.5. The van der Waals surface area contributed by atoms with Crippen molar-refractivity contribution in [2.45, 2.75) is 25.8 Å². The van der Waals surface area contributed by atoms with Gasteiger partial charge in [-0.2, -0.15) is 0 Å². The number of carboxylic acids is 1. The molecule has 0 unspecified atom stereocenters. The molecule has 0 aromatic heterocycles. The number of nitrogens with zero attached hydrogens (tertiary/aromatic N) is 1. The molecular weight excluding hydrogens is 256 g/mol. The van der Waals surface area contributed by atoms with Gasteiger partial charge in [-0.25, -0.2) is 17.5 Å². The fourth-order valence-electron chi connectivity index (χ4n) is 1.96. The maximum Gasteiger partial charge on any atom is 0.328 e. The number of hydrogen-bond donors (Lipinski definition) is 2. The number of aliphatic carboxylic acids is 1. The average molecular weight is 276 g/mol. The van der Waals surface area contributed by atoms with Crippen molar-refractivity contribution < 1.29 is 18.3 Å². The lowest BCUT2D eigenvalue weighted by atomic mass is 10.1. The van der Waals surface area contributed by atoms with E-state index in [1.165, 1.54) is 16.6 Å². The van der Waals surface area contributed by atoms with E-state index in [1.807, 2.05) is 0 Å². The van der Waals surface area contributed by atoms with Gasteiger partial charge in [0, 0.05) is 31.8 Å². The molecule has 0 aromatic rings. The van der Waals surface area contributed by atoms with Gasteiger partial charge in [-0.15, -0.1) is 0 Å². The molecule has 1 saturated heterocycles. The van der Waals surface area contributed by atoms with Gasteiger partial charge in [-0.3, -0.25) is 0 Å². The van der Waals surface area contributed by atoms with Crippen molar-refractivity contribution in [3.8, 4) is 0 Å². The van der Waals surface area contributed by atoms with E-state index in [1.54, 1.807) is 6.92 Å². The van der Waals surface area contributed by atoms with E-state index in [2.05, 4.69) is 5.32 Å². The van der Waals surface area contributed by atoms with Crippen LogP contribution in [-0.4, -0.2) is 55.7 Å². The summed E-state index contributed by atoms with van der Waals surface area (Å²) in [5.41, 5.74) is 0.757. The second kappa shape index (κ2) is 6.31. The first-order valence-electron chi connectivity index (χ1n) is 5.87. The van der Waals surface area contributed by atoms with E-state index in [0.29, 0.717) is 19.6 Å². The fraction of sp³-hybridized carbons (Fsp3) is 0.727. The number of rotatable bonds is 5. The van der Waals surface area contributed by atoms with Gasteiger partial charge < -0.3 is 10.4 Å². The van der Waals surface area contributed by atoms with Gasteiger partial charge in [0.2, 0.25) is 10.0 Å². The lowest BCUT2D eigenvalue weighted by Gasteiger charge is -2.30. The molecular formula is C11H20N2O4S. The molecule has 0 bridgehead atoms. The monoisotopic (exact) mass is 276 g/mol. The molecule has 1 fully saturated rings. The van der Waals surface area contributed by atoms with E-state index in [0.717, 1.165) is 18.4 Å². The van der Waals surface area contributed by atoms with Crippen LogP contribution < -0.4 is 5.32 Å². The van der Waals surface area contributed by atoms with Crippen LogP contribution >= 0.6 is 0 Å². The summed E-state index contributed by atoms with van der Waals surface area (Å²) in [6.45, 7) is 3.33. The van der Waals surface area contributed by atoms with Gasteiger partial charge in [0.25, 0.3) is 0 Å². The molecule has 0 spiro atoms. The Balaban J connectivity index is 2.35. The second-order valence-electron chi connectivity index (χ2n) is 4.65. The number of nitrogens with one attached hydrogen (secondary N) is 1. The van der Waals surface area contributed by atoms with E-state index in [4.69, 9.17) is 5.11 Å². The normalized spacial score (nSPS) is 20.0. The van der Waals surface area contributed by atoms with Crippen molar-refractivity contribution in [2.75, 3.05) is 25.9 Å². The highest BCUT2D eigenvalue weighted by molar-refractivity contribution is 7.88. The van der Waals surface area contributed by atoms with E-state index >= 15 is 0 Å². The van der Waals surface area contributed by atoms with Gasteiger partial charge in [0.15, 0.2) is 0 Å². The molecule has 6 nitrogen and oxygen atoms in total. The van der Waals surface area contributed by atoms with Crippen molar-refractivity contribution in [1.29, 1.82) is 0 Å². The van der Waals surface area contributed by atoms with Crippen LogP contribution in [0.5, 0.6) is 0 Å². The molecule has 0 aromatic carbocycles. The lowest BCUT2D eigenvalue weighted by molar-refractivity contribution is -0.131. The van der Waals surface area contributed by atoms with Crippen LogP contribution in [0.1, 0.15) is 19.8 Å². The highest BCUT2D eigenvalue weighted by Gasteiger charge is 2.24. The van der Waals surface area contributed by atoms with E-state index in [-0.39, 0.29) is 6.04 Å².